The van der Waals surface area contributed by atoms with Crippen LogP contribution < -0.4 is 11.1 Å². The smallest absolute Gasteiger partial charge is 0.326 e. The summed E-state index contributed by atoms with van der Waals surface area (Å²) < 4.78 is 92.1. The van der Waals surface area contributed by atoms with Crippen LogP contribution >= 0.6 is 39.1 Å². The fraction of sp³-hybridized carbons (Fsp3) is 0.211. The predicted octanol–water partition coefficient (Wildman–Crippen LogP) is 6.39. The molecule has 2 aromatic carbocycles. The Kier molecular flexibility index (Phi) is 8.04. The Morgan fingerprint density at radius 1 is 1.00 bits per heavy atom. The lowest BCUT2D eigenvalue weighted by Crippen LogP contribution is -2.71. The van der Waals surface area contributed by atoms with Gasteiger partial charge < -0.3 is 11.1 Å². The van der Waals surface area contributed by atoms with E-state index in [0.29, 0.717) is 27.8 Å². The molecule has 0 aliphatic carbocycles. The van der Waals surface area contributed by atoms with Crippen LogP contribution in [0.15, 0.2) is 41.0 Å². The van der Waals surface area contributed by atoms with Gasteiger partial charge in [-0.3, -0.25) is 5.32 Å². The Bertz CT molecular complexity index is 1020. The quantitative estimate of drug-likeness (QED) is 0.211. The number of hydrogen-bond donors (Lipinski definition) is 3. The van der Waals surface area contributed by atoms with Gasteiger partial charge in [0.2, 0.25) is 0 Å². The minimum absolute atomic E-state index is 0.0190. The zero-order valence-corrected chi connectivity index (χ0v) is 18.8. The summed E-state index contributed by atoms with van der Waals surface area (Å²) in [5.41, 5.74) is -0.310. The van der Waals surface area contributed by atoms with E-state index in [-0.39, 0.29) is 22.8 Å². The second kappa shape index (κ2) is 9.68. The summed E-state index contributed by atoms with van der Waals surface area (Å²) in [5, 5.41) is 8.69. The highest BCUT2D eigenvalue weighted by atomic mass is 79.9. The number of quaternary nitrogens is 1. The molecule has 0 radical (unpaired) electrons. The Balaban J connectivity index is 2.50. The third-order valence-electron chi connectivity index (χ3n) is 4.44. The van der Waals surface area contributed by atoms with Gasteiger partial charge in [-0.2, -0.15) is 26.3 Å². The van der Waals surface area contributed by atoms with Crippen LogP contribution in [-0.2, 0) is 12.2 Å². The Hall–Kier alpha value is -1.66. The maximum atomic E-state index is 14.3. The van der Waals surface area contributed by atoms with Gasteiger partial charge in [0.15, 0.2) is 5.69 Å². The first kappa shape index (κ1) is 26.6. The zero-order chi connectivity index (χ0) is 24.5. The molecule has 0 saturated carbocycles. The predicted molar refractivity (Wildman–Crippen MR) is 112 cm³/mol. The van der Waals surface area contributed by atoms with Crippen molar-refractivity contribution >= 4 is 56.6 Å². The normalized spacial score (nSPS) is 13.4. The minimum atomic E-state index is -6.26. The van der Waals surface area contributed by atoms with Crippen molar-refractivity contribution in [3.8, 4) is 0 Å². The molecular weight excluding hydrogens is 554 g/mol. The first-order chi connectivity index (χ1) is 14.7. The Morgan fingerprint density at radius 2 is 1.59 bits per heavy atom. The van der Waals surface area contributed by atoms with Gasteiger partial charge in [0.05, 0.1) is 10.0 Å². The summed E-state index contributed by atoms with van der Waals surface area (Å²) in [7, 11) is 0. The fourth-order valence-corrected chi connectivity index (χ4v) is 3.93. The molecule has 0 heterocycles. The average molecular weight is 568 g/mol. The van der Waals surface area contributed by atoms with Crippen molar-refractivity contribution in [1.29, 1.82) is 5.41 Å². The molecule has 0 unspecified atom stereocenters. The van der Waals surface area contributed by atoms with Crippen molar-refractivity contribution < 1.29 is 36.0 Å². The number of allylic oxidation sites excluding steroid dienone is 1. The molecule has 13 heteroatoms. The van der Waals surface area contributed by atoms with E-state index in [2.05, 4.69) is 15.9 Å². The molecule has 2 rings (SSSR count). The monoisotopic (exact) mass is 566 g/mol. The number of benzene rings is 2. The molecule has 0 spiro atoms. The summed E-state index contributed by atoms with van der Waals surface area (Å²) in [6.45, 7) is 0.129. The van der Waals surface area contributed by atoms with Crippen LogP contribution in [0, 0.1) is 5.41 Å². The van der Waals surface area contributed by atoms with Gasteiger partial charge in [-0.05, 0) is 51.3 Å². The molecule has 0 aromatic heterocycles. The highest BCUT2D eigenvalue weighted by Crippen LogP contribution is 2.54. The molecule has 5 N–H and O–H groups in total. The second-order valence-electron chi connectivity index (χ2n) is 6.45. The number of nitrogens with two attached hydrogens (primary N) is 2. The van der Waals surface area contributed by atoms with E-state index in [4.69, 9.17) is 34.3 Å². The van der Waals surface area contributed by atoms with E-state index >= 15 is 0 Å². The molecule has 32 heavy (non-hydrogen) atoms. The summed E-state index contributed by atoms with van der Waals surface area (Å²) in [5.74, 6) is 0. The molecule has 174 valence electrons. The minimum Gasteiger partial charge on any atom is -0.326 e. The fourth-order valence-electron chi connectivity index (χ4n) is 2.74. The largest absolute Gasteiger partial charge is 0.435 e. The van der Waals surface area contributed by atoms with Gasteiger partial charge in [-0.1, -0.05) is 29.3 Å². The highest BCUT2D eigenvalue weighted by Gasteiger charge is 2.73. The van der Waals surface area contributed by atoms with Gasteiger partial charge in [0, 0.05) is 23.3 Å². The lowest BCUT2D eigenvalue weighted by molar-refractivity contribution is -0.496. The molecule has 3 nitrogen and oxygen atoms in total. The molecular formula is C19H14BrCl2F7N3+. The van der Waals surface area contributed by atoms with Crippen molar-refractivity contribution in [2.45, 2.75) is 24.6 Å². The van der Waals surface area contributed by atoms with Crippen molar-refractivity contribution in [3.63, 3.8) is 0 Å². The lowest BCUT2D eigenvalue weighted by atomic mass is 9.94. The topological polar surface area (TPSA) is 66.5 Å². The van der Waals surface area contributed by atoms with Crippen molar-refractivity contribution in [2.24, 2.45) is 5.73 Å². The SMILES string of the molecule is N=CC(=C[NH2+]c1c(Cl)cc(C(F)(C(F)(F)F)C(F)(F)F)cc1Br)c1ccc(Cl)c(CN)c1. The van der Waals surface area contributed by atoms with Gasteiger partial charge in [0.1, 0.15) is 11.2 Å². The van der Waals surface area contributed by atoms with E-state index < -0.39 is 28.6 Å². The molecule has 0 aliphatic rings. The lowest BCUT2D eigenvalue weighted by Gasteiger charge is -2.30. The van der Waals surface area contributed by atoms with Crippen LogP contribution in [-0.4, -0.2) is 18.6 Å². The number of rotatable bonds is 6. The van der Waals surface area contributed by atoms with Crippen LogP contribution in [0.2, 0.25) is 10.0 Å². The van der Waals surface area contributed by atoms with Crippen LogP contribution in [0.3, 0.4) is 0 Å². The second-order valence-corrected chi connectivity index (χ2v) is 8.12. The van der Waals surface area contributed by atoms with Crippen molar-refractivity contribution in [3.05, 3.63) is 67.7 Å². The first-order valence-electron chi connectivity index (χ1n) is 8.53. The van der Waals surface area contributed by atoms with E-state index in [9.17, 15) is 30.7 Å². The molecule has 0 amide bonds. The van der Waals surface area contributed by atoms with Gasteiger partial charge in [0.25, 0.3) is 0 Å². The van der Waals surface area contributed by atoms with Crippen molar-refractivity contribution in [1.82, 2.24) is 0 Å². The third-order valence-corrected chi connectivity index (χ3v) is 5.78. The molecule has 2 aromatic rings. The highest BCUT2D eigenvalue weighted by molar-refractivity contribution is 9.10. The molecule has 0 bridgehead atoms. The van der Waals surface area contributed by atoms with Crippen LogP contribution in [0.4, 0.5) is 36.4 Å². The Labute approximate surface area is 196 Å². The van der Waals surface area contributed by atoms with Gasteiger partial charge >= 0.3 is 18.0 Å². The van der Waals surface area contributed by atoms with E-state index in [0.717, 1.165) is 6.21 Å². The average Bonchev–Trinajstić information content (AvgIpc) is 2.68. The maximum Gasteiger partial charge on any atom is 0.435 e. The first-order valence-corrected chi connectivity index (χ1v) is 10.1. The summed E-state index contributed by atoms with van der Waals surface area (Å²) in [6, 6.07) is 5.41. The number of halogens is 10. The standard InChI is InChI=1S/C19H13BrCl2F7N3/c20-13-4-12(17(23,18(24,25)26)19(27,28)29)5-15(22)16(13)32-8-11(7-31)9-1-2-14(21)10(3-9)6-30/h1-5,7-8,31-32H,6,30H2/p+1. The molecule has 0 fully saturated rings. The van der Waals surface area contributed by atoms with E-state index in [1.54, 1.807) is 18.2 Å². The Morgan fingerprint density at radius 3 is 2.06 bits per heavy atom. The number of nitrogens with one attached hydrogen (secondary N) is 1. The van der Waals surface area contributed by atoms with Crippen molar-refractivity contribution in [2.75, 3.05) is 0 Å². The summed E-state index contributed by atoms with van der Waals surface area (Å²) in [4.78, 5) is 0. The van der Waals surface area contributed by atoms with Crippen LogP contribution in [0.25, 0.3) is 5.57 Å². The molecule has 0 atom stereocenters. The van der Waals surface area contributed by atoms with Gasteiger partial charge in [-0.15, -0.1) is 0 Å². The summed E-state index contributed by atoms with van der Waals surface area (Å²) in [6.07, 6.45) is -10.2. The molecule has 0 aliphatic heterocycles. The van der Waals surface area contributed by atoms with Crippen LogP contribution in [0.5, 0.6) is 0 Å². The molecule has 0 saturated heterocycles. The van der Waals surface area contributed by atoms with Gasteiger partial charge in [-0.25, -0.2) is 4.39 Å². The van der Waals surface area contributed by atoms with E-state index in [1.807, 2.05) is 0 Å². The van der Waals surface area contributed by atoms with Crippen LogP contribution in [0.1, 0.15) is 16.7 Å². The summed E-state index contributed by atoms with van der Waals surface area (Å²) >= 11 is 14.7. The zero-order valence-electron chi connectivity index (χ0n) is 15.7. The van der Waals surface area contributed by atoms with E-state index in [1.165, 1.54) is 11.5 Å². The number of alkyl halides is 7. The number of hydrogen-bond acceptors (Lipinski definition) is 2. The maximum absolute atomic E-state index is 14.3. The third kappa shape index (κ3) is 5.12.